The maximum absolute atomic E-state index is 4.36. The van der Waals surface area contributed by atoms with Crippen LogP contribution in [0, 0.1) is 6.92 Å². The molecule has 17 heavy (non-hydrogen) atoms. The van der Waals surface area contributed by atoms with Gasteiger partial charge in [0.05, 0.1) is 11.9 Å². The molecule has 0 spiro atoms. The zero-order valence-electron chi connectivity index (χ0n) is 10.7. The molecule has 0 radical (unpaired) electrons. The molecule has 0 atom stereocenters. The second-order valence-corrected chi connectivity index (χ2v) is 4.36. The Hall–Kier alpha value is -1.61. The molecule has 1 aromatic heterocycles. The highest BCUT2D eigenvalue weighted by Crippen LogP contribution is 2.23. The highest BCUT2D eigenvalue weighted by Gasteiger charge is 2.09. The molecule has 2 aromatic rings. The third-order valence-corrected chi connectivity index (χ3v) is 2.98. The third kappa shape index (κ3) is 2.56. The molecule has 3 nitrogen and oxygen atoms in total. The maximum Gasteiger partial charge on any atom is 0.0711 e. The summed E-state index contributed by atoms with van der Waals surface area (Å²) < 4.78 is 1.95. The van der Waals surface area contributed by atoms with Gasteiger partial charge in [-0.25, -0.2) is 0 Å². The van der Waals surface area contributed by atoms with Gasteiger partial charge in [0, 0.05) is 12.6 Å². The predicted octanol–water partition coefficient (Wildman–Crippen LogP) is 2.16. The van der Waals surface area contributed by atoms with Crippen LogP contribution in [-0.2, 0) is 13.5 Å². The van der Waals surface area contributed by atoms with E-state index in [1.807, 2.05) is 25.0 Å². The van der Waals surface area contributed by atoms with Crippen molar-refractivity contribution in [2.24, 2.45) is 7.05 Å². The topological polar surface area (TPSA) is 29.9 Å². The quantitative estimate of drug-likeness (QED) is 0.870. The van der Waals surface area contributed by atoms with E-state index in [9.17, 15) is 0 Å². The summed E-state index contributed by atoms with van der Waals surface area (Å²) in [6.45, 7) is 3.08. The first kappa shape index (κ1) is 11.9. The van der Waals surface area contributed by atoms with E-state index in [1.54, 1.807) is 0 Å². The molecule has 0 saturated heterocycles. The summed E-state index contributed by atoms with van der Waals surface area (Å²) in [6, 6.07) is 8.61. The number of rotatable bonds is 4. The molecule has 0 saturated carbocycles. The van der Waals surface area contributed by atoms with Gasteiger partial charge < -0.3 is 5.32 Å². The van der Waals surface area contributed by atoms with Crippen LogP contribution in [-0.4, -0.2) is 23.4 Å². The van der Waals surface area contributed by atoms with Crippen molar-refractivity contribution in [2.75, 3.05) is 13.6 Å². The largest absolute Gasteiger partial charge is 0.319 e. The number of likely N-dealkylation sites (N-methyl/N-ethyl adjacent to an activating group) is 1. The standard InChI is InChI=1S/C14H19N3/c1-11-4-6-12(7-5-11)14-13(8-9-15-2)10-16-17(14)3/h4-7,10,15H,8-9H2,1-3H3. The summed E-state index contributed by atoms with van der Waals surface area (Å²) in [4.78, 5) is 0. The molecule has 1 heterocycles. The van der Waals surface area contributed by atoms with Gasteiger partial charge in [-0.2, -0.15) is 5.10 Å². The van der Waals surface area contributed by atoms with Crippen LogP contribution in [0.25, 0.3) is 11.3 Å². The second-order valence-electron chi connectivity index (χ2n) is 4.36. The van der Waals surface area contributed by atoms with Crippen molar-refractivity contribution in [3.63, 3.8) is 0 Å². The summed E-state index contributed by atoms with van der Waals surface area (Å²) >= 11 is 0. The Labute approximate surface area is 102 Å². The van der Waals surface area contributed by atoms with E-state index in [0.29, 0.717) is 0 Å². The van der Waals surface area contributed by atoms with Crippen LogP contribution in [0.15, 0.2) is 30.5 Å². The molecule has 1 aromatic carbocycles. The van der Waals surface area contributed by atoms with Crippen LogP contribution >= 0.6 is 0 Å². The van der Waals surface area contributed by atoms with Crippen LogP contribution in [0.3, 0.4) is 0 Å². The number of aromatic nitrogens is 2. The lowest BCUT2D eigenvalue weighted by molar-refractivity contribution is 0.772. The summed E-state index contributed by atoms with van der Waals surface area (Å²) in [7, 11) is 3.97. The van der Waals surface area contributed by atoms with Crippen molar-refractivity contribution < 1.29 is 0 Å². The van der Waals surface area contributed by atoms with Crippen LogP contribution in [0.1, 0.15) is 11.1 Å². The van der Waals surface area contributed by atoms with E-state index in [1.165, 1.54) is 22.4 Å². The Morgan fingerprint density at radius 2 is 1.94 bits per heavy atom. The number of nitrogens with one attached hydrogen (secondary N) is 1. The van der Waals surface area contributed by atoms with Crippen molar-refractivity contribution in [1.29, 1.82) is 0 Å². The molecule has 3 heteroatoms. The molecule has 0 fully saturated rings. The van der Waals surface area contributed by atoms with Gasteiger partial charge in [0.2, 0.25) is 0 Å². The van der Waals surface area contributed by atoms with Crippen LogP contribution < -0.4 is 5.32 Å². The van der Waals surface area contributed by atoms with Gasteiger partial charge >= 0.3 is 0 Å². The van der Waals surface area contributed by atoms with E-state index in [2.05, 4.69) is 41.6 Å². The van der Waals surface area contributed by atoms with Gasteiger partial charge in [0.15, 0.2) is 0 Å². The predicted molar refractivity (Wildman–Crippen MR) is 71.0 cm³/mol. The first-order valence-electron chi connectivity index (χ1n) is 5.95. The van der Waals surface area contributed by atoms with Gasteiger partial charge in [0.1, 0.15) is 0 Å². The SMILES string of the molecule is CNCCc1cnn(C)c1-c1ccc(C)cc1. The molecule has 0 bridgehead atoms. The molecule has 0 aliphatic carbocycles. The number of hydrogen-bond acceptors (Lipinski definition) is 2. The Morgan fingerprint density at radius 3 is 2.59 bits per heavy atom. The minimum absolute atomic E-state index is 0.977. The van der Waals surface area contributed by atoms with Gasteiger partial charge in [-0.05, 0) is 32.5 Å². The van der Waals surface area contributed by atoms with Crippen LogP contribution in [0.5, 0.6) is 0 Å². The Kier molecular flexibility index (Phi) is 3.59. The average molecular weight is 229 g/mol. The first-order chi connectivity index (χ1) is 8.22. The van der Waals surface area contributed by atoms with Gasteiger partial charge in [-0.1, -0.05) is 29.8 Å². The lowest BCUT2D eigenvalue weighted by Crippen LogP contribution is -2.10. The van der Waals surface area contributed by atoms with Crippen molar-refractivity contribution in [3.05, 3.63) is 41.6 Å². The molecule has 0 amide bonds. The second kappa shape index (κ2) is 5.15. The molecule has 1 N–H and O–H groups in total. The maximum atomic E-state index is 4.36. The fourth-order valence-corrected chi connectivity index (χ4v) is 2.01. The fourth-order valence-electron chi connectivity index (χ4n) is 2.01. The molecule has 90 valence electrons. The Bertz CT molecular complexity index is 483. The van der Waals surface area contributed by atoms with Crippen molar-refractivity contribution in [2.45, 2.75) is 13.3 Å². The first-order valence-corrected chi connectivity index (χ1v) is 5.95. The summed E-state index contributed by atoms with van der Waals surface area (Å²) in [5.74, 6) is 0. The summed E-state index contributed by atoms with van der Waals surface area (Å²) in [5, 5.41) is 7.53. The summed E-state index contributed by atoms with van der Waals surface area (Å²) in [6.07, 6.45) is 2.97. The highest BCUT2D eigenvalue weighted by atomic mass is 15.3. The number of hydrogen-bond donors (Lipinski definition) is 1. The van der Waals surface area contributed by atoms with E-state index >= 15 is 0 Å². The molecular weight excluding hydrogens is 210 g/mol. The van der Waals surface area contributed by atoms with Gasteiger partial charge in [-0.3, -0.25) is 4.68 Å². The average Bonchev–Trinajstić information content (AvgIpc) is 2.69. The van der Waals surface area contributed by atoms with E-state index in [4.69, 9.17) is 0 Å². The molecule has 0 aliphatic heterocycles. The van der Waals surface area contributed by atoms with Gasteiger partial charge in [0.25, 0.3) is 0 Å². The molecular formula is C14H19N3. The van der Waals surface area contributed by atoms with E-state index in [0.717, 1.165) is 13.0 Å². The Balaban J connectivity index is 2.36. The third-order valence-electron chi connectivity index (χ3n) is 2.98. The minimum Gasteiger partial charge on any atom is -0.319 e. The summed E-state index contributed by atoms with van der Waals surface area (Å²) in [5.41, 5.74) is 5.04. The van der Waals surface area contributed by atoms with Crippen LogP contribution in [0.4, 0.5) is 0 Å². The zero-order chi connectivity index (χ0) is 12.3. The monoisotopic (exact) mass is 229 g/mol. The zero-order valence-corrected chi connectivity index (χ0v) is 10.7. The smallest absolute Gasteiger partial charge is 0.0711 e. The van der Waals surface area contributed by atoms with E-state index < -0.39 is 0 Å². The van der Waals surface area contributed by atoms with Crippen molar-refractivity contribution in [1.82, 2.24) is 15.1 Å². The number of nitrogens with zero attached hydrogens (tertiary/aromatic N) is 2. The molecule has 0 unspecified atom stereocenters. The van der Waals surface area contributed by atoms with Gasteiger partial charge in [-0.15, -0.1) is 0 Å². The van der Waals surface area contributed by atoms with Crippen molar-refractivity contribution >= 4 is 0 Å². The fraction of sp³-hybridized carbons (Fsp3) is 0.357. The van der Waals surface area contributed by atoms with Crippen LogP contribution in [0.2, 0.25) is 0 Å². The highest BCUT2D eigenvalue weighted by molar-refractivity contribution is 5.63. The lowest BCUT2D eigenvalue weighted by Gasteiger charge is -2.07. The number of aryl methyl sites for hydroxylation is 2. The number of benzene rings is 1. The molecule has 0 aliphatic rings. The lowest BCUT2D eigenvalue weighted by atomic mass is 10.0. The van der Waals surface area contributed by atoms with E-state index in [-0.39, 0.29) is 0 Å². The Morgan fingerprint density at radius 1 is 1.24 bits per heavy atom. The normalized spacial score (nSPS) is 10.8. The molecule has 2 rings (SSSR count). The minimum atomic E-state index is 0.977. The van der Waals surface area contributed by atoms with Crippen molar-refractivity contribution in [3.8, 4) is 11.3 Å².